The summed E-state index contributed by atoms with van der Waals surface area (Å²) in [7, 11) is 0. The molecule has 5 rings (SSSR count). The summed E-state index contributed by atoms with van der Waals surface area (Å²) < 4.78 is 50.7. The van der Waals surface area contributed by atoms with Gasteiger partial charge in [-0.3, -0.25) is 9.59 Å². The molecular weight excluding hydrogens is 485 g/mol. The Bertz CT molecular complexity index is 1320. The molecule has 1 aliphatic carbocycles. The summed E-state index contributed by atoms with van der Waals surface area (Å²) in [4.78, 5) is 26.8. The fourth-order valence-electron chi connectivity index (χ4n) is 5.56. The van der Waals surface area contributed by atoms with Crippen molar-refractivity contribution in [2.45, 2.75) is 57.5 Å². The molecule has 7 nitrogen and oxygen atoms in total. The lowest BCUT2D eigenvalue weighted by Crippen LogP contribution is -2.39. The van der Waals surface area contributed by atoms with Crippen LogP contribution in [0.1, 0.15) is 67.4 Å². The van der Waals surface area contributed by atoms with E-state index in [1.54, 1.807) is 24.1 Å². The van der Waals surface area contributed by atoms with E-state index < -0.39 is 29.4 Å². The number of anilines is 1. The molecular formula is C27H29F3N4O3. The van der Waals surface area contributed by atoms with Crippen LogP contribution in [0.25, 0.3) is 5.52 Å². The van der Waals surface area contributed by atoms with E-state index in [2.05, 4.69) is 10.4 Å². The first-order valence-corrected chi connectivity index (χ1v) is 12.7. The lowest BCUT2D eigenvalue weighted by atomic mass is 9.86. The van der Waals surface area contributed by atoms with Crippen LogP contribution in [-0.4, -0.2) is 40.7 Å². The number of aromatic nitrogens is 2. The van der Waals surface area contributed by atoms with E-state index in [1.807, 2.05) is 0 Å². The molecule has 2 aromatic heterocycles. The number of carbonyl (C=O) groups excluding carboxylic acids is 2. The summed E-state index contributed by atoms with van der Waals surface area (Å²) in [6.07, 6.45) is 6.60. The van der Waals surface area contributed by atoms with Gasteiger partial charge in [-0.05, 0) is 69.7 Å². The minimum atomic E-state index is -0.639. The fourth-order valence-corrected chi connectivity index (χ4v) is 5.56. The first-order valence-electron chi connectivity index (χ1n) is 12.7. The van der Waals surface area contributed by atoms with E-state index in [0.29, 0.717) is 51.7 Å². The van der Waals surface area contributed by atoms with E-state index in [1.165, 1.54) is 10.7 Å². The molecule has 1 aromatic carbocycles. The monoisotopic (exact) mass is 514 g/mol. The quantitative estimate of drug-likeness (QED) is 0.472. The molecule has 1 atom stereocenters. The maximum absolute atomic E-state index is 15.9. The van der Waals surface area contributed by atoms with Gasteiger partial charge < -0.3 is 15.0 Å². The molecule has 0 bridgehead atoms. The molecule has 1 aliphatic heterocycles. The number of carbonyl (C=O) groups is 2. The third-order valence-electron chi connectivity index (χ3n) is 7.41. The van der Waals surface area contributed by atoms with Gasteiger partial charge in [0.15, 0.2) is 5.82 Å². The number of rotatable bonds is 6. The van der Waals surface area contributed by atoms with Crippen molar-refractivity contribution >= 4 is 23.1 Å². The van der Waals surface area contributed by atoms with Crippen LogP contribution >= 0.6 is 0 Å². The van der Waals surface area contributed by atoms with Gasteiger partial charge in [-0.15, -0.1) is 0 Å². The first kappa shape index (κ1) is 25.1. The highest BCUT2D eigenvalue weighted by Gasteiger charge is 2.33. The predicted molar refractivity (Wildman–Crippen MR) is 131 cm³/mol. The number of amides is 1. The maximum Gasteiger partial charge on any atom is 0.308 e. The van der Waals surface area contributed by atoms with Gasteiger partial charge >= 0.3 is 5.97 Å². The van der Waals surface area contributed by atoms with Crippen LogP contribution in [0.4, 0.5) is 18.9 Å². The average molecular weight is 515 g/mol. The summed E-state index contributed by atoms with van der Waals surface area (Å²) >= 11 is 0. The minimum absolute atomic E-state index is 0.0283. The molecule has 1 saturated carbocycles. The zero-order valence-electron chi connectivity index (χ0n) is 20.6. The van der Waals surface area contributed by atoms with Crippen molar-refractivity contribution < 1.29 is 27.5 Å². The van der Waals surface area contributed by atoms with Gasteiger partial charge in [0, 0.05) is 24.3 Å². The summed E-state index contributed by atoms with van der Waals surface area (Å²) in [5, 5.41) is 7.10. The third-order valence-corrected chi connectivity index (χ3v) is 7.41. The second-order valence-electron chi connectivity index (χ2n) is 9.66. The number of fused-ring (bicyclic) bond motifs is 1. The van der Waals surface area contributed by atoms with Crippen molar-refractivity contribution in [1.29, 1.82) is 0 Å². The second kappa shape index (κ2) is 10.4. The number of pyridine rings is 1. The molecule has 3 aromatic rings. The highest BCUT2D eigenvalue weighted by Crippen LogP contribution is 2.39. The number of benzene rings is 1. The standard InChI is InChI=1S/C27H29F3N4O3/c1-2-37-27(36)16-5-8-18(9-6-16)32-26(35)20-15-31-34-13-11-23(24(30)25(20)34)33-12-3-4-22(33)19-14-17(28)7-10-21(19)29/h7,10-11,13-16,18,22H,2-6,8-9,12H2,1H3,(H,32,35)/t16?,18?,22-/m1/s1. The Morgan fingerprint density at radius 2 is 1.89 bits per heavy atom. The highest BCUT2D eigenvalue weighted by atomic mass is 19.1. The average Bonchev–Trinajstić information content (AvgIpc) is 3.54. The van der Waals surface area contributed by atoms with Gasteiger partial charge in [0.2, 0.25) is 0 Å². The number of ether oxygens (including phenoxy) is 1. The molecule has 1 amide bonds. The SMILES string of the molecule is CCOC(=O)C1CCC(NC(=O)c2cnn3ccc(N4CCC[C@@H]4c4cc(F)ccc4F)c(F)c23)CC1. The Hall–Kier alpha value is -3.56. The number of halogens is 3. The van der Waals surface area contributed by atoms with Crippen molar-refractivity contribution in [3.8, 4) is 0 Å². The summed E-state index contributed by atoms with van der Waals surface area (Å²) in [6.45, 7) is 2.58. The van der Waals surface area contributed by atoms with E-state index >= 15 is 4.39 Å². The van der Waals surface area contributed by atoms with E-state index in [0.717, 1.165) is 18.2 Å². The minimum Gasteiger partial charge on any atom is -0.466 e. The molecule has 0 spiro atoms. The van der Waals surface area contributed by atoms with Gasteiger partial charge in [-0.2, -0.15) is 5.10 Å². The second-order valence-corrected chi connectivity index (χ2v) is 9.66. The van der Waals surface area contributed by atoms with Gasteiger partial charge in [0.05, 0.1) is 36.0 Å². The molecule has 2 aliphatic rings. The fraction of sp³-hybridized carbons (Fsp3) is 0.444. The van der Waals surface area contributed by atoms with E-state index in [-0.39, 0.29) is 40.3 Å². The van der Waals surface area contributed by atoms with Gasteiger partial charge in [-0.25, -0.2) is 17.7 Å². The van der Waals surface area contributed by atoms with Crippen LogP contribution in [0.3, 0.4) is 0 Å². The zero-order chi connectivity index (χ0) is 26.1. The van der Waals surface area contributed by atoms with Crippen molar-refractivity contribution in [1.82, 2.24) is 14.9 Å². The Morgan fingerprint density at radius 1 is 1.11 bits per heavy atom. The molecule has 10 heteroatoms. The third kappa shape index (κ3) is 4.89. The Kier molecular flexibility index (Phi) is 7.08. The molecule has 2 fully saturated rings. The Balaban J connectivity index is 1.37. The lowest BCUT2D eigenvalue weighted by molar-refractivity contribution is -0.149. The molecule has 3 heterocycles. The van der Waals surface area contributed by atoms with Crippen LogP contribution in [0.2, 0.25) is 0 Å². The summed E-state index contributed by atoms with van der Waals surface area (Å²) in [6, 6.07) is 4.18. The van der Waals surface area contributed by atoms with Crippen molar-refractivity contribution in [3.63, 3.8) is 0 Å². The Labute approximate surface area is 212 Å². The molecule has 37 heavy (non-hydrogen) atoms. The predicted octanol–water partition coefficient (Wildman–Crippen LogP) is 4.94. The normalized spacial score (nSPS) is 21.8. The highest BCUT2D eigenvalue weighted by molar-refractivity contribution is 6.01. The number of nitrogens with one attached hydrogen (secondary N) is 1. The number of esters is 1. The first-order chi connectivity index (χ1) is 17.9. The molecule has 0 unspecified atom stereocenters. The smallest absolute Gasteiger partial charge is 0.308 e. The molecule has 1 N–H and O–H groups in total. The van der Waals surface area contributed by atoms with E-state index in [9.17, 15) is 18.4 Å². The zero-order valence-corrected chi connectivity index (χ0v) is 20.6. The molecule has 1 saturated heterocycles. The van der Waals surface area contributed by atoms with Crippen LogP contribution in [-0.2, 0) is 9.53 Å². The number of nitrogens with zero attached hydrogens (tertiary/aromatic N) is 3. The van der Waals surface area contributed by atoms with E-state index in [4.69, 9.17) is 4.74 Å². The maximum atomic E-state index is 15.9. The molecule has 0 radical (unpaired) electrons. The largest absolute Gasteiger partial charge is 0.466 e. The van der Waals surface area contributed by atoms with Crippen molar-refractivity contribution in [3.05, 3.63) is 65.2 Å². The summed E-state index contributed by atoms with van der Waals surface area (Å²) in [5.41, 5.74) is 0.518. The number of hydrogen-bond donors (Lipinski definition) is 1. The van der Waals surface area contributed by atoms with Crippen LogP contribution in [0.15, 0.2) is 36.7 Å². The van der Waals surface area contributed by atoms with Crippen LogP contribution in [0.5, 0.6) is 0 Å². The van der Waals surface area contributed by atoms with Gasteiger partial charge in [-0.1, -0.05) is 0 Å². The van der Waals surface area contributed by atoms with Gasteiger partial charge in [0.1, 0.15) is 17.2 Å². The Morgan fingerprint density at radius 3 is 2.65 bits per heavy atom. The molecule has 196 valence electrons. The van der Waals surface area contributed by atoms with Gasteiger partial charge in [0.25, 0.3) is 5.91 Å². The summed E-state index contributed by atoms with van der Waals surface area (Å²) in [5.74, 6) is -2.55. The topological polar surface area (TPSA) is 75.9 Å². The number of hydrogen-bond acceptors (Lipinski definition) is 5. The van der Waals surface area contributed by atoms with Crippen molar-refractivity contribution in [2.24, 2.45) is 5.92 Å². The van der Waals surface area contributed by atoms with Crippen LogP contribution in [0, 0.1) is 23.4 Å². The van der Waals surface area contributed by atoms with Crippen LogP contribution < -0.4 is 10.2 Å². The van der Waals surface area contributed by atoms with Crippen molar-refractivity contribution in [2.75, 3.05) is 18.1 Å². The lowest BCUT2D eigenvalue weighted by Gasteiger charge is -2.28.